The maximum absolute atomic E-state index is 12.6. The van der Waals surface area contributed by atoms with E-state index in [2.05, 4.69) is 14.9 Å². The maximum atomic E-state index is 12.6. The van der Waals surface area contributed by atoms with Gasteiger partial charge in [-0.25, -0.2) is 13.1 Å². The Kier molecular flexibility index (Phi) is 5.34. The van der Waals surface area contributed by atoms with Crippen molar-refractivity contribution in [2.24, 2.45) is 0 Å². The highest BCUT2D eigenvalue weighted by Crippen LogP contribution is 2.30. The van der Waals surface area contributed by atoms with Crippen LogP contribution in [0.1, 0.15) is 18.4 Å². The lowest BCUT2D eigenvalue weighted by atomic mass is 10.2. The Bertz CT molecular complexity index is 985. The van der Waals surface area contributed by atoms with Crippen molar-refractivity contribution >= 4 is 10.0 Å². The second-order valence-corrected chi connectivity index (χ2v) is 7.30. The van der Waals surface area contributed by atoms with E-state index in [0.717, 1.165) is 5.56 Å². The molecule has 7 nitrogen and oxygen atoms in total. The molecular weight excluding hydrogens is 354 g/mol. The molecule has 0 fully saturated rings. The average Bonchev–Trinajstić information content (AvgIpc) is 3.16. The lowest BCUT2D eigenvalue weighted by Gasteiger charge is -2.10. The van der Waals surface area contributed by atoms with Crippen LogP contribution in [0, 0.1) is 0 Å². The van der Waals surface area contributed by atoms with Crippen LogP contribution in [0.25, 0.3) is 11.4 Å². The molecule has 0 unspecified atom stereocenters. The summed E-state index contributed by atoms with van der Waals surface area (Å²) in [5.74, 6) is 1.23. The fraction of sp³-hybridized carbons (Fsp3) is 0.222. The summed E-state index contributed by atoms with van der Waals surface area (Å²) in [6, 6.07) is 13.8. The number of sulfonamides is 1. The molecule has 0 atom stereocenters. The molecule has 0 aliphatic heterocycles. The van der Waals surface area contributed by atoms with Gasteiger partial charge >= 0.3 is 0 Å². The topological polar surface area (TPSA) is 94.3 Å². The highest BCUT2D eigenvalue weighted by atomic mass is 32.2. The van der Waals surface area contributed by atoms with Gasteiger partial charge in [-0.2, -0.15) is 4.98 Å². The number of aryl methyl sites for hydroxylation is 1. The molecule has 3 rings (SSSR count). The molecule has 0 amide bonds. The monoisotopic (exact) mass is 373 g/mol. The Morgan fingerprint density at radius 1 is 1.15 bits per heavy atom. The van der Waals surface area contributed by atoms with Gasteiger partial charge in [0.1, 0.15) is 5.75 Å². The van der Waals surface area contributed by atoms with E-state index < -0.39 is 10.0 Å². The molecule has 1 N–H and O–H groups in total. The minimum atomic E-state index is -3.70. The molecule has 26 heavy (non-hydrogen) atoms. The fourth-order valence-corrected chi connectivity index (χ4v) is 3.44. The molecular formula is C18H19N3O4S. The Morgan fingerprint density at radius 3 is 2.58 bits per heavy atom. The predicted molar refractivity (Wildman–Crippen MR) is 96.1 cm³/mol. The summed E-state index contributed by atoms with van der Waals surface area (Å²) in [6.07, 6.45) is 0.589. The number of methoxy groups -OCH3 is 1. The van der Waals surface area contributed by atoms with E-state index in [1.807, 2.05) is 37.3 Å². The Hall–Kier alpha value is -2.71. The Labute approximate surface area is 152 Å². The zero-order valence-corrected chi connectivity index (χ0v) is 15.3. The van der Waals surface area contributed by atoms with Crippen molar-refractivity contribution in [3.63, 3.8) is 0 Å². The number of benzene rings is 2. The molecule has 0 saturated heterocycles. The largest absolute Gasteiger partial charge is 0.496 e. The predicted octanol–water partition coefficient (Wildman–Crippen LogP) is 2.79. The first-order valence-corrected chi connectivity index (χ1v) is 9.56. The maximum Gasteiger partial charge on any atom is 0.240 e. The number of hydrogen-bond donors (Lipinski definition) is 1. The van der Waals surface area contributed by atoms with Gasteiger partial charge in [0.25, 0.3) is 0 Å². The molecule has 8 heteroatoms. The van der Waals surface area contributed by atoms with Gasteiger partial charge in [0.15, 0.2) is 0 Å². The summed E-state index contributed by atoms with van der Waals surface area (Å²) in [4.78, 5) is 4.36. The second-order valence-electron chi connectivity index (χ2n) is 5.54. The molecule has 0 aliphatic carbocycles. The average molecular weight is 373 g/mol. The van der Waals surface area contributed by atoms with E-state index in [0.29, 0.717) is 29.4 Å². The van der Waals surface area contributed by atoms with Crippen molar-refractivity contribution in [1.82, 2.24) is 14.9 Å². The van der Waals surface area contributed by atoms with Gasteiger partial charge in [0.2, 0.25) is 21.7 Å². The van der Waals surface area contributed by atoms with E-state index in [9.17, 15) is 8.42 Å². The quantitative estimate of drug-likeness (QED) is 0.684. The molecule has 0 radical (unpaired) electrons. The van der Waals surface area contributed by atoms with E-state index in [1.165, 1.54) is 19.2 Å². The van der Waals surface area contributed by atoms with Crippen LogP contribution in [0.3, 0.4) is 0 Å². The first kappa shape index (κ1) is 18.1. The number of rotatable bonds is 7. The molecule has 0 bridgehead atoms. The van der Waals surface area contributed by atoms with Crippen LogP contribution in [0.15, 0.2) is 57.9 Å². The summed E-state index contributed by atoms with van der Waals surface area (Å²) < 4.78 is 38.3. The third-order valence-corrected chi connectivity index (χ3v) is 5.20. The lowest BCUT2D eigenvalue weighted by Crippen LogP contribution is -2.23. The molecule has 2 aromatic carbocycles. The van der Waals surface area contributed by atoms with E-state index in [1.54, 1.807) is 6.07 Å². The van der Waals surface area contributed by atoms with Gasteiger partial charge in [0, 0.05) is 13.0 Å². The number of nitrogens with one attached hydrogen (secondary N) is 1. The van der Waals surface area contributed by atoms with Crippen LogP contribution >= 0.6 is 0 Å². The molecule has 3 aromatic rings. The van der Waals surface area contributed by atoms with Crippen LogP contribution in [-0.4, -0.2) is 25.7 Å². The molecule has 0 aliphatic rings. The van der Waals surface area contributed by atoms with Crippen LogP contribution in [0.5, 0.6) is 5.75 Å². The van der Waals surface area contributed by atoms with Crippen molar-refractivity contribution < 1.29 is 17.7 Å². The fourth-order valence-electron chi connectivity index (χ4n) is 2.39. The summed E-state index contributed by atoms with van der Waals surface area (Å²) in [6.45, 7) is 2.09. The van der Waals surface area contributed by atoms with E-state index in [4.69, 9.17) is 9.26 Å². The lowest BCUT2D eigenvalue weighted by molar-refractivity contribution is 0.382. The van der Waals surface area contributed by atoms with Gasteiger partial charge in [-0.3, -0.25) is 0 Å². The summed E-state index contributed by atoms with van der Waals surface area (Å²) in [5.41, 5.74) is 1.33. The van der Waals surface area contributed by atoms with Crippen molar-refractivity contribution in [2.45, 2.75) is 24.8 Å². The first-order chi connectivity index (χ1) is 12.5. The minimum Gasteiger partial charge on any atom is -0.496 e. The van der Waals surface area contributed by atoms with Crippen LogP contribution in [-0.2, 0) is 23.0 Å². The number of nitrogens with zero attached hydrogens (tertiary/aromatic N) is 2. The molecule has 0 spiro atoms. The number of ether oxygens (including phenoxy) is 1. The second kappa shape index (κ2) is 7.67. The van der Waals surface area contributed by atoms with Crippen molar-refractivity contribution in [1.29, 1.82) is 0 Å². The SMILES string of the molecule is CCc1nc(-c2cc(S(=O)(=O)NCc3ccccc3)ccc2OC)no1. The Morgan fingerprint density at radius 2 is 1.92 bits per heavy atom. The van der Waals surface area contributed by atoms with Gasteiger partial charge in [-0.1, -0.05) is 42.4 Å². The van der Waals surface area contributed by atoms with E-state index >= 15 is 0 Å². The molecule has 1 heterocycles. The van der Waals surface area contributed by atoms with Gasteiger partial charge in [-0.05, 0) is 23.8 Å². The van der Waals surface area contributed by atoms with Gasteiger partial charge in [-0.15, -0.1) is 0 Å². The minimum absolute atomic E-state index is 0.104. The van der Waals surface area contributed by atoms with Crippen LogP contribution < -0.4 is 9.46 Å². The van der Waals surface area contributed by atoms with Gasteiger partial charge < -0.3 is 9.26 Å². The highest BCUT2D eigenvalue weighted by molar-refractivity contribution is 7.89. The van der Waals surface area contributed by atoms with Gasteiger partial charge in [0.05, 0.1) is 17.6 Å². The molecule has 0 saturated carbocycles. The Balaban J connectivity index is 1.90. The summed E-state index contributed by atoms with van der Waals surface area (Å²) >= 11 is 0. The highest BCUT2D eigenvalue weighted by Gasteiger charge is 2.19. The third kappa shape index (κ3) is 3.92. The smallest absolute Gasteiger partial charge is 0.240 e. The molecule has 136 valence electrons. The number of aromatic nitrogens is 2. The summed E-state index contributed by atoms with van der Waals surface area (Å²) in [7, 11) is -2.20. The molecule has 1 aromatic heterocycles. The van der Waals surface area contributed by atoms with Crippen LogP contribution in [0.4, 0.5) is 0 Å². The van der Waals surface area contributed by atoms with Crippen molar-refractivity contribution in [2.75, 3.05) is 7.11 Å². The van der Waals surface area contributed by atoms with Crippen molar-refractivity contribution in [3.05, 3.63) is 60.0 Å². The zero-order chi connectivity index (χ0) is 18.6. The van der Waals surface area contributed by atoms with E-state index in [-0.39, 0.29) is 11.4 Å². The normalized spacial score (nSPS) is 11.5. The first-order valence-electron chi connectivity index (χ1n) is 8.08. The third-order valence-electron chi connectivity index (χ3n) is 3.80. The number of hydrogen-bond acceptors (Lipinski definition) is 6. The zero-order valence-electron chi connectivity index (χ0n) is 14.5. The van der Waals surface area contributed by atoms with Crippen LogP contribution in [0.2, 0.25) is 0 Å². The summed E-state index contributed by atoms with van der Waals surface area (Å²) in [5, 5.41) is 3.90. The standard InChI is InChI=1S/C18H19N3O4S/c1-3-17-20-18(21-25-17)15-11-14(9-10-16(15)24-2)26(22,23)19-12-13-7-5-4-6-8-13/h4-11,19H,3,12H2,1-2H3. The van der Waals surface area contributed by atoms with Crippen molar-refractivity contribution in [3.8, 4) is 17.1 Å².